The summed E-state index contributed by atoms with van der Waals surface area (Å²) in [6.45, 7) is 6.98. The van der Waals surface area contributed by atoms with E-state index < -0.39 is 0 Å². The van der Waals surface area contributed by atoms with Crippen molar-refractivity contribution in [1.29, 1.82) is 0 Å². The first-order valence-electron chi connectivity index (χ1n) is 5.35. The van der Waals surface area contributed by atoms with Crippen LogP contribution in [0.3, 0.4) is 0 Å². The molecule has 1 aromatic rings. The number of benzene rings is 1. The van der Waals surface area contributed by atoms with E-state index in [0.717, 1.165) is 5.33 Å². The molecule has 0 aliphatic heterocycles. The van der Waals surface area contributed by atoms with E-state index in [4.69, 9.17) is 0 Å². The molecule has 0 aliphatic rings. The Hall–Kier alpha value is -0.830. The van der Waals surface area contributed by atoms with Gasteiger partial charge in [0.15, 0.2) is 0 Å². The van der Waals surface area contributed by atoms with Crippen molar-refractivity contribution < 1.29 is 4.79 Å². The van der Waals surface area contributed by atoms with Gasteiger partial charge in [0.2, 0.25) is 0 Å². The highest BCUT2D eigenvalue weighted by molar-refractivity contribution is 9.08. The lowest BCUT2D eigenvalue weighted by Crippen LogP contribution is -2.32. The number of rotatable bonds is 3. The molecule has 0 unspecified atom stereocenters. The molecule has 0 spiro atoms. The summed E-state index contributed by atoms with van der Waals surface area (Å²) in [7, 11) is 0. The van der Waals surface area contributed by atoms with Crippen molar-refractivity contribution >= 4 is 21.8 Å². The molecule has 16 heavy (non-hydrogen) atoms. The van der Waals surface area contributed by atoms with Gasteiger partial charge in [0.25, 0.3) is 5.91 Å². The summed E-state index contributed by atoms with van der Waals surface area (Å²) in [5.41, 5.74) is 2.01. The van der Waals surface area contributed by atoms with Crippen LogP contribution in [0.2, 0.25) is 0 Å². The van der Waals surface area contributed by atoms with Gasteiger partial charge in [-0.15, -0.1) is 0 Å². The Morgan fingerprint density at radius 1 is 1.25 bits per heavy atom. The standard InChI is InChI=1S/C13H18BrNO/c1-13(2,3)9-15-12(16)11-6-4-10(8-14)5-7-11/h4-7H,8-9H2,1-3H3,(H,15,16). The van der Waals surface area contributed by atoms with Crippen LogP contribution in [0.15, 0.2) is 24.3 Å². The Morgan fingerprint density at radius 2 is 1.81 bits per heavy atom. The zero-order chi connectivity index (χ0) is 12.2. The summed E-state index contributed by atoms with van der Waals surface area (Å²) >= 11 is 3.38. The number of carbonyl (C=O) groups excluding carboxylic acids is 1. The maximum absolute atomic E-state index is 11.8. The number of amides is 1. The molecule has 1 N–H and O–H groups in total. The average molecular weight is 284 g/mol. The van der Waals surface area contributed by atoms with Crippen LogP contribution in [0, 0.1) is 5.41 Å². The van der Waals surface area contributed by atoms with Crippen molar-refractivity contribution in [3.63, 3.8) is 0 Å². The molecule has 1 rings (SSSR count). The molecule has 1 amide bonds. The van der Waals surface area contributed by atoms with Gasteiger partial charge in [-0.3, -0.25) is 4.79 Å². The van der Waals surface area contributed by atoms with E-state index in [1.54, 1.807) is 0 Å². The Bertz CT molecular complexity index is 351. The Morgan fingerprint density at radius 3 is 2.25 bits per heavy atom. The van der Waals surface area contributed by atoms with E-state index in [2.05, 4.69) is 42.0 Å². The van der Waals surface area contributed by atoms with Crippen LogP contribution >= 0.6 is 15.9 Å². The molecule has 0 saturated heterocycles. The summed E-state index contributed by atoms with van der Waals surface area (Å²) in [6.07, 6.45) is 0. The number of nitrogens with one attached hydrogen (secondary N) is 1. The molecular weight excluding hydrogens is 266 g/mol. The minimum Gasteiger partial charge on any atom is -0.352 e. The highest BCUT2D eigenvalue weighted by Gasteiger charge is 2.12. The highest BCUT2D eigenvalue weighted by Crippen LogP contribution is 2.12. The van der Waals surface area contributed by atoms with Crippen LogP contribution in [-0.2, 0) is 5.33 Å². The van der Waals surface area contributed by atoms with Crippen LogP contribution < -0.4 is 5.32 Å². The first kappa shape index (κ1) is 13.2. The van der Waals surface area contributed by atoms with E-state index in [0.29, 0.717) is 12.1 Å². The molecule has 0 fully saturated rings. The van der Waals surface area contributed by atoms with Gasteiger partial charge < -0.3 is 5.32 Å². The number of carbonyl (C=O) groups is 1. The molecule has 0 aromatic heterocycles. The van der Waals surface area contributed by atoms with Crippen molar-refractivity contribution in [2.45, 2.75) is 26.1 Å². The normalized spacial score (nSPS) is 11.2. The summed E-state index contributed by atoms with van der Waals surface area (Å²) < 4.78 is 0. The Balaban J connectivity index is 2.59. The molecule has 0 atom stereocenters. The van der Waals surface area contributed by atoms with E-state index in [-0.39, 0.29) is 11.3 Å². The second kappa shape index (κ2) is 5.48. The maximum atomic E-state index is 11.8. The number of hydrogen-bond donors (Lipinski definition) is 1. The fraction of sp³-hybridized carbons (Fsp3) is 0.462. The van der Waals surface area contributed by atoms with Crippen LogP contribution in [0.25, 0.3) is 0 Å². The molecular formula is C13H18BrNO. The molecule has 2 nitrogen and oxygen atoms in total. The lowest BCUT2D eigenvalue weighted by Gasteiger charge is -2.18. The molecule has 0 aliphatic carbocycles. The third kappa shape index (κ3) is 4.35. The predicted octanol–water partition coefficient (Wildman–Crippen LogP) is 3.36. The molecule has 0 bridgehead atoms. The van der Waals surface area contributed by atoms with Gasteiger partial charge in [-0.1, -0.05) is 48.8 Å². The summed E-state index contributed by atoms with van der Waals surface area (Å²) in [5, 5.41) is 3.74. The molecule has 3 heteroatoms. The number of hydrogen-bond acceptors (Lipinski definition) is 1. The summed E-state index contributed by atoms with van der Waals surface area (Å²) in [5.74, 6) is -0.00366. The van der Waals surface area contributed by atoms with Crippen LogP contribution in [0.4, 0.5) is 0 Å². The average Bonchev–Trinajstić information content (AvgIpc) is 2.25. The first-order chi connectivity index (χ1) is 7.42. The van der Waals surface area contributed by atoms with Crippen molar-refractivity contribution in [2.24, 2.45) is 5.41 Å². The lowest BCUT2D eigenvalue weighted by atomic mass is 9.97. The quantitative estimate of drug-likeness (QED) is 0.847. The topological polar surface area (TPSA) is 29.1 Å². The minimum absolute atomic E-state index is 0.00366. The first-order valence-corrected chi connectivity index (χ1v) is 6.47. The maximum Gasteiger partial charge on any atom is 0.251 e. The summed E-state index contributed by atoms with van der Waals surface area (Å²) in [6, 6.07) is 7.63. The fourth-order valence-electron chi connectivity index (χ4n) is 1.19. The zero-order valence-electron chi connectivity index (χ0n) is 10.0. The van der Waals surface area contributed by atoms with E-state index in [1.165, 1.54) is 5.56 Å². The third-order valence-corrected chi connectivity index (χ3v) is 2.80. The largest absolute Gasteiger partial charge is 0.352 e. The fourth-order valence-corrected chi connectivity index (χ4v) is 1.57. The van der Waals surface area contributed by atoms with Gasteiger partial charge in [0.05, 0.1) is 0 Å². The lowest BCUT2D eigenvalue weighted by molar-refractivity contribution is 0.0939. The van der Waals surface area contributed by atoms with Gasteiger partial charge in [-0.2, -0.15) is 0 Å². The van der Waals surface area contributed by atoms with Gasteiger partial charge in [-0.25, -0.2) is 0 Å². The van der Waals surface area contributed by atoms with Gasteiger partial charge in [0.1, 0.15) is 0 Å². The Labute approximate surface area is 106 Å². The smallest absolute Gasteiger partial charge is 0.251 e. The highest BCUT2D eigenvalue weighted by atomic mass is 79.9. The van der Waals surface area contributed by atoms with Crippen LogP contribution in [0.1, 0.15) is 36.7 Å². The van der Waals surface area contributed by atoms with Crippen LogP contribution in [-0.4, -0.2) is 12.5 Å². The van der Waals surface area contributed by atoms with Crippen LogP contribution in [0.5, 0.6) is 0 Å². The monoisotopic (exact) mass is 283 g/mol. The SMILES string of the molecule is CC(C)(C)CNC(=O)c1ccc(CBr)cc1. The summed E-state index contributed by atoms with van der Waals surface area (Å²) in [4.78, 5) is 11.8. The molecule has 88 valence electrons. The molecule has 0 saturated carbocycles. The van der Waals surface area contributed by atoms with Crippen molar-refractivity contribution in [3.8, 4) is 0 Å². The number of alkyl halides is 1. The van der Waals surface area contributed by atoms with Crippen molar-refractivity contribution in [1.82, 2.24) is 5.32 Å². The second-order valence-corrected chi connectivity index (χ2v) is 5.63. The number of halogens is 1. The van der Waals surface area contributed by atoms with E-state index in [9.17, 15) is 4.79 Å². The van der Waals surface area contributed by atoms with Crippen molar-refractivity contribution in [2.75, 3.05) is 6.54 Å². The second-order valence-electron chi connectivity index (χ2n) is 5.07. The molecule has 0 heterocycles. The van der Waals surface area contributed by atoms with Gasteiger partial charge >= 0.3 is 0 Å². The van der Waals surface area contributed by atoms with Gasteiger partial charge in [0, 0.05) is 17.4 Å². The van der Waals surface area contributed by atoms with E-state index >= 15 is 0 Å². The third-order valence-electron chi connectivity index (χ3n) is 2.15. The Kier molecular flexibility index (Phi) is 4.54. The van der Waals surface area contributed by atoms with Crippen molar-refractivity contribution in [3.05, 3.63) is 35.4 Å². The van der Waals surface area contributed by atoms with E-state index in [1.807, 2.05) is 24.3 Å². The molecule has 1 aromatic carbocycles. The zero-order valence-corrected chi connectivity index (χ0v) is 11.6. The van der Waals surface area contributed by atoms with Gasteiger partial charge in [-0.05, 0) is 23.1 Å². The predicted molar refractivity (Wildman–Crippen MR) is 70.9 cm³/mol. The minimum atomic E-state index is -0.00366. The molecule has 0 radical (unpaired) electrons.